The Morgan fingerprint density at radius 2 is 2.03 bits per heavy atom. The maximum Gasteiger partial charge on any atom is 0.255 e. The fourth-order valence-corrected chi connectivity index (χ4v) is 4.52. The van der Waals surface area contributed by atoms with Crippen molar-refractivity contribution in [3.8, 4) is 0 Å². The van der Waals surface area contributed by atoms with E-state index in [9.17, 15) is 9.59 Å². The summed E-state index contributed by atoms with van der Waals surface area (Å²) in [6, 6.07) is 2.21. The summed E-state index contributed by atoms with van der Waals surface area (Å²) in [5, 5.41) is 0. The van der Waals surface area contributed by atoms with Crippen molar-refractivity contribution < 1.29 is 19.1 Å². The van der Waals surface area contributed by atoms with Crippen LogP contribution in [0.1, 0.15) is 53.8 Å². The molecule has 2 aliphatic rings. The first-order valence-corrected chi connectivity index (χ1v) is 10.8. The van der Waals surface area contributed by atoms with Crippen LogP contribution >= 0.6 is 0 Å². The maximum atomic E-state index is 13.6. The lowest BCUT2D eigenvalue weighted by Crippen LogP contribution is -2.45. The lowest BCUT2D eigenvalue weighted by atomic mass is 10.0. The average Bonchev–Trinajstić information content (AvgIpc) is 3.26. The maximum absolute atomic E-state index is 13.6. The minimum atomic E-state index is 0.0985. The lowest BCUT2D eigenvalue weighted by Gasteiger charge is -2.35. The molecule has 0 atom stereocenters. The fourth-order valence-electron chi connectivity index (χ4n) is 4.52. The number of methoxy groups -OCH3 is 1. The number of aryl methyl sites for hydroxylation is 1. The van der Waals surface area contributed by atoms with Crippen molar-refractivity contribution in [2.45, 2.75) is 58.5 Å². The number of rotatable bonds is 9. The van der Waals surface area contributed by atoms with Gasteiger partial charge in [0.05, 0.1) is 12.2 Å². The third-order valence-electron chi connectivity index (χ3n) is 6.21. The van der Waals surface area contributed by atoms with Gasteiger partial charge < -0.3 is 23.8 Å². The van der Waals surface area contributed by atoms with Gasteiger partial charge in [-0.25, -0.2) is 0 Å². The highest BCUT2D eigenvalue weighted by molar-refractivity contribution is 5.96. The van der Waals surface area contributed by atoms with Crippen LogP contribution in [0.25, 0.3) is 0 Å². The predicted octanol–water partition coefficient (Wildman–Crippen LogP) is 2.39. The highest BCUT2D eigenvalue weighted by Gasteiger charge is 2.29. The molecule has 2 fully saturated rings. The van der Waals surface area contributed by atoms with Gasteiger partial charge in [0, 0.05) is 70.4 Å². The van der Waals surface area contributed by atoms with Crippen molar-refractivity contribution in [2.75, 3.05) is 46.6 Å². The molecule has 0 aromatic carbocycles. The monoisotopic (exact) mass is 405 g/mol. The van der Waals surface area contributed by atoms with Crippen LogP contribution in [-0.4, -0.2) is 78.8 Å². The van der Waals surface area contributed by atoms with Crippen LogP contribution in [-0.2, 0) is 20.8 Å². The second-order valence-corrected chi connectivity index (χ2v) is 8.11. The molecule has 0 radical (unpaired) electrons. The van der Waals surface area contributed by atoms with E-state index in [0.29, 0.717) is 32.8 Å². The Balaban J connectivity index is 1.72. The van der Waals surface area contributed by atoms with Gasteiger partial charge in [-0.15, -0.1) is 0 Å². The van der Waals surface area contributed by atoms with Gasteiger partial charge in [0.1, 0.15) is 0 Å². The van der Waals surface area contributed by atoms with Gasteiger partial charge in [-0.1, -0.05) is 0 Å². The highest BCUT2D eigenvalue weighted by atomic mass is 16.5. The number of aromatic nitrogens is 1. The quantitative estimate of drug-likeness (QED) is 0.633. The summed E-state index contributed by atoms with van der Waals surface area (Å²) in [5.41, 5.74) is 2.86. The number of hydrogen-bond donors (Lipinski definition) is 0. The van der Waals surface area contributed by atoms with E-state index in [-0.39, 0.29) is 17.9 Å². The molecule has 2 aliphatic heterocycles. The van der Waals surface area contributed by atoms with Crippen LogP contribution in [0.3, 0.4) is 0 Å². The second kappa shape index (κ2) is 10.3. The molecule has 0 saturated carbocycles. The Morgan fingerprint density at radius 1 is 1.28 bits per heavy atom. The Kier molecular flexibility index (Phi) is 7.72. The molecule has 1 aromatic heterocycles. The van der Waals surface area contributed by atoms with Crippen molar-refractivity contribution in [3.05, 3.63) is 23.0 Å². The molecule has 0 bridgehead atoms. The first kappa shape index (κ1) is 21.8. The molecule has 3 heterocycles. The Hall–Kier alpha value is -1.86. The Labute approximate surface area is 173 Å². The standard InChI is InChI=1S/C22H35N3O4/c1-17-16-20(18(2)24(17)12-15-28-3)22(27)25(19-7-13-29-14-8-19)11-5-10-23-9-4-6-21(23)26/h16,19H,4-15H2,1-3H3. The summed E-state index contributed by atoms with van der Waals surface area (Å²) < 4.78 is 12.9. The van der Waals surface area contributed by atoms with Crippen molar-refractivity contribution in [1.82, 2.24) is 14.4 Å². The van der Waals surface area contributed by atoms with E-state index < -0.39 is 0 Å². The molecule has 0 spiro atoms. The van der Waals surface area contributed by atoms with Crippen LogP contribution in [0.2, 0.25) is 0 Å². The van der Waals surface area contributed by atoms with Crippen molar-refractivity contribution in [2.24, 2.45) is 0 Å². The number of ether oxygens (including phenoxy) is 2. The van der Waals surface area contributed by atoms with Crippen LogP contribution in [0.4, 0.5) is 0 Å². The van der Waals surface area contributed by atoms with Crippen LogP contribution in [0, 0.1) is 13.8 Å². The third-order valence-corrected chi connectivity index (χ3v) is 6.21. The van der Waals surface area contributed by atoms with Gasteiger partial charge >= 0.3 is 0 Å². The minimum absolute atomic E-state index is 0.0985. The lowest BCUT2D eigenvalue weighted by molar-refractivity contribution is -0.127. The van der Waals surface area contributed by atoms with Gasteiger partial charge in [-0.3, -0.25) is 9.59 Å². The zero-order valence-corrected chi connectivity index (χ0v) is 18.1. The number of hydrogen-bond acceptors (Lipinski definition) is 4. The molecule has 162 valence electrons. The predicted molar refractivity (Wildman–Crippen MR) is 111 cm³/mol. The molecule has 2 saturated heterocycles. The molecular formula is C22H35N3O4. The molecule has 7 nitrogen and oxygen atoms in total. The smallest absolute Gasteiger partial charge is 0.255 e. The Bertz CT molecular complexity index is 709. The molecule has 3 rings (SSSR count). The molecule has 0 N–H and O–H groups in total. The number of likely N-dealkylation sites (tertiary alicyclic amines) is 1. The summed E-state index contributed by atoms with van der Waals surface area (Å²) >= 11 is 0. The van der Waals surface area contributed by atoms with Gasteiger partial charge in [0.25, 0.3) is 5.91 Å². The van der Waals surface area contributed by atoms with Crippen LogP contribution < -0.4 is 0 Å². The fraction of sp³-hybridized carbons (Fsp3) is 0.727. The number of amides is 2. The summed E-state index contributed by atoms with van der Waals surface area (Å²) in [7, 11) is 1.69. The van der Waals surface area contributed by atoms with E-state index in [1.54, 1.807) is 7.11 Å². The topological polar surface area (TPSA) is 64.0 Å². The Morgan fingerprint density at radius 3 is 2.69 bits per heavy atom. The minimum Gasteiger partial charge on any atom is -0.383 e. The summed E-state index contributed by atoms with van der Waals surface area (Å²) in [4.78, 5) is 29.4. The van der Waals surface area contributed by atoms with E-state index in [0.717, 1.165) is 62.3 Å². The summed E-state index contributed by atoms with van der Waals surface area (Å²) in [6.45, 7) is 9.09. The van der Waals surface area contributed by atoms with Crippen LogP contribution in [0.5, 0.6) is 0 Å². The summed E-state index contributed by atoms with van der Waals surface area (Å²) in [5.74, 6) is 0.344. The van der Waals surface area contributed by atoms with Crippen molar-refractivity contribution >= 4 is 11.8 Å². The third kappa shape index (κ3) is 5.20. The van der Waals surface area contributed by atoms with Crippen molar-refractivity contribution in [1.29, 1.82) is 0 Å². The van der Waals surface area contributed by atoms with Gasteiger partial charge in [0.2, 0.25) is 5.91 Å². The zero-order chi connectivity index (χ0) is 20.8. The molecule has 0 aliphatic carbocycles. The van der Waals surface area contributed by atoms with E-state index in [4.69, 9.17) is 9.47 Å². The number of carbonyl (C=O) groups excluding carboxylic acids is 2. The molecular weight excluding hydrogens is 370 g/mol. The molecule has 0 unspecified atom stereocenters. The zero-order valence-electron chi connectivity index (χ0n) is 18.1. The van der Waals surface area contributed by atoms with Gasteiger partial charge in [-0.2, -0.15) is 0 Å². The average molecular weight is 406 g/mol. The molecule has 2 amide bonds. The normalized spacial score (nSPS) is 17.9. The summed E-state index contributed by atoms with van der Waals surface area (Å²) in [6.07, 6.45) is 4.18. The van der Waals surface area contributed by atoms with E-state index >= 15 is 0 Å². The van der Waals surface area contributed by atoms with E-state index in [1.165, 1.54) is 0 Å². The van der Waals surface area contributed by atoms with Crippen molar-refractivity contribution in [3.63, 3.8) is 0 Å². The van der Waals surface area contributed by atoms with E-state index in [2.05, 4.69) is 4.57 Å². The first-order chi connectivity index (χ1) is 14.0. The van der Waals surface area contributed by atoms with Gasteiger partial charge in [-0.05, 0) is 45.6 Å². The largest absolute Gasteiger partial charge is 0.383 e. The SMILES string of the molecule is COCCn1c(C)cc(C(=O)N(CCCN2CCCC2=O)C2CCOCC2)c1C. The molecule has 7 heteroatoms. The number of carbonyl (C=O) groups is 2. The van der Waals surface area contributed by atoms with E-state index in [1.807, 2.05) is 29.7 Å². The van der Waals surface area contributed by atoms with Gasteiger partial charge in [0.15, 0.2) is 0 Å². The number of nitrogens with zero attached hydrogens (tertiary/aromatic N) is 3. The first-order valence-electron chi connectivity index (χ1n) is 10.8. The molecule has 1 aromatic rings. The second-order valence-electron chi connectivity index (χ2n) is 8.11. The van der Waals surface area contributed by atoms with Crippen LogP contribution in [0.15, 0.2) is 6.07 Å². The highest BCUT2D eigenvalue weighted by Crippen LogP contribution is 2.22. The molecule has 29 heavy (non-hydrogen) atoms.